The SMILES string of the molecule is CCC(C)(CC(C)(C)C)NC(=O)OC(C)(C)CC(C)(C)C. The third-order valence-corrected chi connectivity index (χ3v) is 3.43. The molecule has 0 aliphatic heterocycles. The molecular weight excluding hydrogens is 262 g/mol. The highest BCUT2D eigenvalue weighted by Gasteiger charge is 2.34. The molecule has 0 aromatic rings. The van der Waals surface area contributed by atoms with Gasteiger partial charge in [-0.2, -0.15) is 0 Å². The summed E-state index contributed by atoms with van der Waals surface area (Å²) >= 11 is 0. The number of nitrogens with one attached hydrogen (secondary N) is 1. The molecule has 126 valence electrons. The molecule has 0 fully saturated rings. The van der Waals surface area contributed by atoms with Crippen LogP contribution in [0.15, 0.2) is 0 Å². The fraction of sp³-hybridized carbons (Fsp3) is 0.944. The maximum atomic E-state index is 12.3. The van der Waals surface area contributed by atoms with Crippen LogP contribution in [0.5, 0.6) is 0 Å². The van der Waals surface area contributed by atoms with E-state index in [-0.39, 0.29) is 22.5 Å². The van der Waals surface area contributed by atoms with E-state index in [0.29, 0.717) is 0 Å². The summed E-state index contributed by atoms with van der Waals surface area (Å²) in [6.45, 7) is 21.2. The average molecular weight is 299 g/mol. The van der Waals surface area contributed by atoms with Crippen molar-refractivity contribution < 1.29 is 9.53 Å². The highest BCUT2D eigenvalue weighted by molar-refractivity contribution is 5.68. The number of hydrogen-bond donors (Lipinski definition) is 1. The lowest BCUT2D eigenvalue weighted by Crippen LogP contribution is -2.50. The van der Waals surface area contributed by atoms with Crippen molar-refractivity contribution in [3.63, 3.8) is 0 Å². The molecule has 0 radical (unpaired) electrons. The van der Waals surface area contributed by atoms with Crippen molar-refractivity contribution in [3.05, 3.63) is 0 Å². The molecule has 1 unspecified atom stereocenters. The van der Waals surface area contributed by atoms with Gasteiger partial charge in [0.2, 0.25) is 0 Å². The van der Waals surface area contributed by atoms with E-state index in [0.717, 1.165) is 19.3 Å². The summed E-state index contributed by atoms with van der Waals surface area (Å²) in [6.07, 6.45) is 2.33. The second-order valence-corrected chi connectivity index (χ2v) is 9.66. The van der Waals surface area contributed by atoms with Crippen molar-refractivity contribution in [3.8, 4) is 0 Å². The maximum absolute atomic E-state index is 12.3. The molecule has 21 heavy (non-hydrogen) atoms. The number of carbonyl (C=O) groups excluding carboxylic acids is 1. The third-order valence-electron chi connectivity index (χ3n) is 3.43. The smallest absolute Gasteiger partial charge is 0.408 e. The van der Waals surface area contributed by atoms with Crippen LogP contribution in [-0.2, 0) is 4.74 Å². The van der Waals surface area contributed by atoms with Crippen LogP contribution >= 0.6 is 0 Å². The van der Waals surface area contributed by atoms with Gasteiger partial charge in [0.25, 0.3) is 0 Å². The minimum atomic E-state index is -0.460. The molecule has 1 N–H and O–H groups in total. The predicted octanol–water partition coefficient (Wildman–Crippen LogP) is 5.53. The molecule has 0 aromatic heterocycles. The van der Waals surface area contributed by atoms with Crippen LogP contribution in [0.3, 0.4) is 0 Å². The van der Waals surface area contributed by atoms with Crippen LogP contribution in [0, 0.1) is 10.8 Å². The van der Waals surface area contributed by atoms with Crippen LogP contribution in [0.4, 0.5) is 4.79 Å². The van der Waals surface area contributed by atoms with E-state index >= 15 is 0 Å². The summed E-state index contributed by atoms with van der Waals surface area (Å²) in [5.41, 5.74) is -0.395. The van der Waals surface area contributed by atoms with E-state index in [9.17, 15) is 4.79 Å². The molecule has 1 amide bonds. The largest absolute Gasteiger partial charge is 0.444 e. The van der Waals surface area contributed by atoms with Gasteiger partial charge in [0, 0.05) is 5.54 Å². The highest BCUT2D eigenvalue weighted by Crippen LogP contribution is 2.31. The highest BCUT2D eigenvalue weighted by atomic mass is 16.6. The van der Waals surface area contributed by atoms with Gasteiger partial charge in [0.15, 0.2) is 0 Å². The van der Waals surface area contributed by atoms with Crippen LogP contribution in [-0.4, -0.2) is 17.2 Å². The van der Waals surface area contributed by atoms with Gasteiger partial charge in [0.1, 0.15) is 5.60 Å². The quantitative estimate of drug-likeness (QED) is 0.724. The van der Waals surface area contributed by atoms with E-state index < -0.39 is 5.60 Å². The van der Waals surface area contributed by atoms with Crippen molar-refractivity contribution in [2.75, 3.05) is 0 Å². The Bertz CT molecular complexity index is 347. The topological polar surface area (TPSA) is 38.3 Å². The van der Waals surface area contributed by atoms with Gasteiger partial charge in [-0.3, -0.25) is 0 Å². The second kappa shape index (κ2) is 6.58. The van der Waals surface area contributed by atoms with Gasteiger partial charge in [0.05, 0.1) is 0 Å². The van der Waals surface area contributed by atoms with Gasteiger partial charge < -0.3 is 10.1 Å². The first-order chi connectivity index (χ1) is 9.08. The zero-order chi connectivity index (χ0) is 17.1. The number of alkyl carbamates (subject to hydrolysis) is 1. The average Bonchev–Trinajstić information content (AvgIpc) is 2.08. The van der Waals surface area contributed by atoms with Crippen molar-refractivity contribution in [1.29, 1.82) is 0 Å². The van der Waals surface area contributed by atoms with Gasteiger partial charge in [-0.1, -0.05) is 48.5 Å². The maximum Gasteiger partial charge on any atom is 0.408 e. The Morgan fingerprint density at radius 2 is 1.29 bits per heavy atom. The van der Waals surface area contributed by atoms with Crippen molar-refractivity contribution in [1.82, 2.24) is 5.32 Å². The Hall–Kier alpha value is -0.730. The Kier molecular flexibility index (Phi) is 6.35. The molecule has 0 aliphatic carbocycles. The minimum Gasteiger partial charge on any atom is -0.444 e. The van der Waals surface area contributed by atoms with Crippen LogP contribution in [0.2, 0.25) is 0 Å². The van der Waals surface area contributed by atoms with Gasteiger partial charge >= 0.3 is 6.09 Å². The van der Waals surface area contributed by atoms with Crippen molar-refractivity contribution in [2.24, 2.45) is 10.8 Å². The van der Waals surface area contributed by atoms with Crippen molar-refractivity contribution >= 4 is 6.09 Å². The molecule has 3 nitrogen and oxygen atoms in total. The van der Waals surface area contributed by atoms with E-state index in [1.54, 1.807) is 0 Å². The Balaban J connectivity index is 4.73. The number of carbonyl (C=O) groups is 1. The van der Waals surface area contributed by atoms with Gasteiger partial charge in [-0.15, -0.1) is 0 Å². The third kappa shape index (κ3) is 9.76. The summed E-state index contributed by atoms with van der Waals surface area (Å²) < 4.78 is 5.68. The summed E-state index contributed by atoms with van der Waals surface area (Å²) in [7, 11) is 0. The molecule has 0 aliphatic rings. The molecule has 1 atom stereocenters. The molecule has 3 heteroatoms. The fourth-order valence-corrected chi connectivity index (χ4v) is 3.26. The molecule has 0 aromatic carbocycles. The minimum absolute atomic E-state index is 0.128. The lowest BCUT2D eigenvalue weighted by atomic mass is 9.79. The molecular formula is C18H37NO2. The molecule has 0 rings (SSSR count). The van der Waals surface area contributed by atoms with E-state index in [4.69, 9.17) is 4.74 Å². The van der Waals surface area contributed by atoms with Crippen molar-refractivity contribution in [2.45, 2.75) is 99.6 Å². The zero-order valence-corrected chi connectivity index (χ0v) is 15.9. The zero-order valence-electron chi connectivity index (χ0n) is 15.9. The first-order valence-electron chi connectivity index (χ1n) is 8.09. The standard InChI is InChI=1S/C18H37NO2/c1-11-18(10,13-16(5,6)7)19-14(20)21-17(8,9)12-15(2,3)4/h11-13H2,1-10H3,(H,19,20). The summed E-state index contributed by atoms with van der Waals surface area (Å²) in [6, 6.07) is 0. The molecule has 0 bridgehead atoms. The Labute approximate surface area is 132 Å². The van der Waals surface area contributed by atoms with Gasteiger partial charge in [-0.05, 0) is 50.9 Å². The molecule has 0 spiro atoms. The monoisotopic (exact) mass is 299 g/mol. The van der Waals surface area contributed by atoms with Crippen LogP contribution < -0.4 is 5.32 Å². The lowest BCUT2D eigenvalue weighted by molar-refractivity contribution is 0.00443. The molecule has 0 heterocycles. The normalized spacial score (nSPS) is 16.3. The summed E-state index contributed by atoms with van der Waals surface area (Å²) in [5, 5.41) is 3.08. The van der Waals surface area contributed by atoms with Crippen LogP contribution in [0.25, 0.3) is 0 Å². The van der Waals surface area contributed by atoms with Gasteiger partial charge in [-0.25, -0.2) is 4.79 Å². The Morgan fingerprint density at radius 3 is 1.62 bits per heavy atom. The molecule has 0 saturated carbocycles. The van der Waals surface area contributed by atoms with E-state index in [1.165, 1.54) is 0 Å². The fourth-order valence-electron chi connectivity index (χ4n) is 3.26. The van der Waals surface area contributed by atoms with E-state index in [1.807, 2.05) is 13.8 Å². The Morgan fingerprint density at radius 1 is 0.857 bits per heavy atom. The number of ether oxygens (including phenoxy) is 1. The second-order valence-electron chi connectivity index (χ2n) is 9.66. The number of rotatable bonds is 5. The lowest BCUT2D eigenvalue weighted by Gasteiger charge is -2.37. The number of hydrogen-bond acceptors (Lipinski definition) is 2. The summed E-state index contributed by atoms with van der Waals surface area (Å²) in [5.74, 6) is 0. The number of amides is 1. The predicted molar refractivity (Wildman–Crippen MR) is 90.5 cm³/mol. The van der Waals surface area contributed by atoms with E-state index in [2.05, 4.69) is 60.7 Å². The first kappa shape index (κ1) is 20.3. The molecule has 0 saturated heterocycles. The first-order valence-corrected chi connectivity index (χ1v) is 8.09. The summed E-state index contributed by atoms with van der Waals surface area (Å²) in [4.78, 5) is 12.3. The van der Waals surface area contributed by atoms with Crippen LogP contribution in [0.1, 0.15) is 88.5 Å².